The molecular formula is C54H35NO. The van der Waals surface area contributed by atoms with Crippen LogP contribution in [-0.2, 0) is 0 Å². The van der Waals surface area contributed by atoms with Gasteiger partial charge in [0.15, 0.2) is 0 Å². The molecule has 0 saturated heterocycles. The smallest absolute Gasteiger partial charge is 0.143 e. The molecular weight excluding hydrogens is 679 g/mol. The Morgan fingerprint density at radius 1 is 0.286 bits per heavy atom. The number of hydrogen-bond donors (Lipinski definition) is 0. The summed E-state index contributed by atoms with van der Waals surface area (Å²) >= 11 is 0. The van der Waals surface area contributed by atoms with Gasteiger partial charge < -0.3 is 9.32 Å². The Bertz CT molecular complexity index is 3220. The summed E-state index contributed by atoms with van der Waals surface area (Å²) in [6.45, 7) is 0. The molecule has 10 aromatic carbocycles. The summed E-state index contributed by atoms with van der Waals surface area (Å²) in [5.74, 6) is 0. The predicted molar refractivity (Wildman–Crippen MR) is 237 cm³/mol. The molecule has 2 heteroatoms. The number of benzene rings is 10. The molecule has 0 radical (unpaired) electrons. The van der Waals surface area contributed by atoms with Crippen molar-refractivity contribution in [1.29, 1.82) is 0 Å². The highest BCUT2D eigenvalue weighted by Crippen LogP contribution is 2.41. The van der Waals surface area contributed by atoms with Gasteiger partial charge in [-0.3, -0.25) is 0 Å². The second-order valence-electron chi connectivity index (χ2n) is 14.5. The highest BCUT2D eigenvalue weighted by Gasteiger charge is 2.16. The molecule has 0 amide bonds. The first-order chi connectivity index (χ1) is 27.7. The molecule has 11 aromatic rings. The maximum absolute atomic E-state index is 6.41. The van der Waals surface area contributed by atoms with Crippen LogP contribution >= 0.6 is 0 Å². The van der Waals surface area contributed by atoms with Gasteiger partial charge in [-0.05, 0) is 109 Å². The Labute approximate surface area is 325 Å². The van der Waals surface area contributed by atoms with E-state index in [1.165, 1.54) is 54.6 Å². The normalized spacial score (nSPS) is 11.6. The van der Waals surface area contributed by atoms with Crippen molar-refractivity contribution in [3.8, 4) is 33.4 Å². The zero-order chi connectivity index (χ0) is 37.0. The largest absolute Gasteiger partial charge is 0.455 e. The van der Waals surface area contributed by atoms with Gasteiger partial charge in [-0.2, -0.15) is 0 Å². The van der Waals surface area contributed by atoms with Crippen molar-refractivity contribution in [3.63, 3.8) is 0 Å². The highest BCUT2D eigenvalue weighted by atomic mass is 16.3. The molecule has 0 aliphatic carbocycles. The van der Waals surface area contributed by atoms with Gasteiger partial charge in [0.2, 0.25) is 0 Å². The van der Waals surface area contributed by atoms with Crippen LogP contribution in [0, 0.1) is 0 Å². The van der Waals surface area contributed by atoms with Gasteiger partial charge in [-0.25, -0.2) is 0 Å². The lowest BCUT2D eigenvalue weighted by atomic mass is 9.97. The van der Waals surface area contributed by atoms with Gasteiger partial charge >= 0.3 is 0 Å². The molecule has 0 spiro atoms. The summed E-state index contributed by atoms with van der Waals surface area (Å²) < 4.78 is 6.41. The third-order valence-electron chi connectivity index (χ3n) is 11.3. The summed E-state index contributed by atoms with van der Waals surface area (Å²) in [6.07, 6.45) is 0. The number of anilines is 3. The van der Waals surface area contributed by atoms with E-state index in [2.05, 4.69) is 205 Å². The standard InChI is InChI=1S/C54H35NO/c1-3-12-46-37(9-1)11-7-15-48(46)39-23-30-44(31-24-39)55(45-32-25-40(26-33-45)50-16-8-17-52-51-14-5-6-18-53(51)56-54(50)52)43-28-21-36(22-29-43)41-27-34-49-42(35-41)20-19-38-10-2-4-13-47(38)49/h1-35H. The number of furan rings is 1. The lowest BCUT2D eigenvalue weighted by Gasteiger charge is -2.26. The van der Waals surface area contributed by atoms with Crippen molar-refractivity contribution in [2.24, 2.45) is 0 Å². The fraction of sp³-hybridized carbons (Fsp3) is 0. The number of rotatable bonds is 6. The van der Waals surface area contributed by atoms with E-state index in [9.17, 15) is 0 Å². The van der Waals surface area contributed by atoms with E-state index < -0.39 is 0 Å². The van der Waals surface area contributed by atoms with Crippen LogP contribution in [0.1, 0.15) is 0 Å². The molecule has 0 saturated carbocycles. The monoisotopic (exact) mass is 713 g/mol. The second kappa shape index (κ2) is 13.2. The molecule has 2 nitrogen and oxygen atoms in total. The summed E-state index contributed by atoms with van der Waals surface area (Å²) in [7, 11) is 0. The van der Waals surface area contributed by atoms with Gasteiger partial charge in [0.1, 0.15) is 11.2 Å². The van der Waals surface area contributed by atoms with Crippen molar-refractivity contribution in [3.05, 3.63) is 212 Å². The van der Waals surface area contributed by atoms with Gasteiger partial charge in [-0.1, -0.05) is 164 Å². The summed E-state index contributed by atoms with van der Waals surface area (Å²) in [5.41, 5.74) is 12.1. The first kappa shape index (κ1) is 32.0. The molecule has 0 aliphatic heterocycles. The van der Waals surface area contributed by atoms with E-state index >= 15 is 0 Å². The molecule has 0 bridgehead atoms. The average molecular weight is 714 g/mol. The lowest BCUT2D eigenvalue weighted by molar-refractivity contribution is 0.670. The van der Waals surface area contributed by atoms with Gasteiger partial charge in [-0.15, -0.1) is 0 Å². The van der Waals surface area contributed by atoms with Crippen LogP contribution in [0.5, 0.6) is 0 Å². The molecule has 0 N–H and O–H groups in total. The van der Waals surface area contributed by atoms with Crippen molar-refractivity contribution < 1.29 is 4.42 Å². The Morgan fingerprint density at radius 3 is 1.50 bits per heavy atom. The Hall–Kier alpha value is -7.42. The van der Waals surface area contributed by atoms with Crippen LogP contribution in [0.2, 0.25) is 0 Å². The quantitative estimate of drug-likeness (QED) is 0.160. The molecule has 262 valence electrons. The third kappa shape index (κ3) is 5.42. The summed E-state index contributed by atoms with van der Waals surface area (Å²) in [4.78, 5) is 2.34. The fourth-order valence-electron chi connectivity index (χ4n) is 8.47. The molecule has 0 unspecified atom stereocenters. The van der Waals surface area contributed by atoms with E-state index in [0.717, 1.165) is 50.1 Å². The van der Waals surface area contributed by atoms with Gasteiger partial charge in [0.25, 0.3) is 0 Å². The minimum atomic E-state index is 0.908. The van der Waals surface area contributed by atoms with Crippen LogP contribution in [0.25, 0.3) is 87.6 Å². The minimum absolute atomic E-state index is 0.908. The minimum Gasteiger partial charge on any atom is -0.455 e. The maximum atomic E-state index is 6.41. The number of fused-ring (bicyclic) bond motifs is 7. The first-order valence-corrected chi connectivity index (χ1v) is 19.2. The summed E-state index contributed by atoms with van der Waals surface area (Å²) in [5, 5.41) is 9.85. The third-order valence-corrected chi connectivity index (χ3v) is 11.3. The Kier molecular flexibility index (Phi) is 7.53. The van der Waals surface area contributed by atoms with Crippen molar-refractivity contribution in [1.82, 2.24) is 0 Å². The molecule has 1 aromatic heterocycles. The van der Waals surface area contributed by atoms with Gasteiger partial charge in [0, 0.05) is 33.4 Å². The number of para-hydroxylation sites is 2. The molecule has 11 rings (SSSR count). The van der Waals surface area contributed by atoms with Crippen molar-refractivity contribution >= 4 is 71.3 Å². The topological polar surface area (TPSA) is 16.4 Å². The number of nitrogens with zero attached hydrogens (tertiary/aromatic N) is 1. The molecule has 56 heavy (non-hydrogen) atoms. The predicted octanol–water partition coefficient (Wildman–Crippen LogP) is 15.5. The lowest BCUT2D eigenvalue weighted by Crippen LogP contribution is -2.09. The van der Waals surface area contributed by atoms with E-state index in [1.54, 1.807) is 0 Å². The zero-order valence-electron chi connectivity index (χ0n) is 30.6. The van der Waals surface area contributed by atoms with Crippen LogP contribution in [0.3, 0.4) is 0 Å². The van der Waals surface area contributed by atoms with Crippen molar-refractivity contribution in [2.45, 2.75) is 0 Å². The zero-order valence-corrected chi connectivity index (χ0v) is 30.6. The molecule has 0 aliphatic rings. The van der Waals surface area contributed by atoms with Gasteiger partial charge in [0.05, 0.1) is 0 Å². The SMILES string of the molecule is c1ccc2c(-c3ccc(N(c4ccc(-c5ccc6c(ccc7ccccc76)c5)cc4)c4ccc(-c5cccc6c5oc5ccccc56)cc4)cc3)cccc2c1. The Balaban J connectivity index is 0.986. The van der Waals surface area contributed by atoms with Crippen LogP contribution in [0.4, 0.5) is 17.1 Å². The van der Waals surface area contributed by atoms with E-state index in [1.807, 2.05) is 12.1 Å². The fourth-order valence-corrected chi connectivity index (χ4v) is 8.47. The number of hydrogen-bond acceptors (Lipinski definition) is 2. The second-order valence-corrected chi connectivity index (χ2v) is 14.5. The molecule has 0 atom stereocenters. The van der Waals surface area contributed by atoms with E-state index in [-0.39, 0.29) is 0 Å². The molecule has 1 heterocycles. The van der Waals surface area contributed by atoms with E-state index in [4.69, 9.17) is 4.42 Å². The highest BCUT2D eigenvalue weighted by molar-refractivity contribution is 6.10. The van der Waals surface area contributed by atoms with E-state index in [0.29, 0.717) is 0 Å². The first-order valence-electron chi connectivity index (χ1n) is 19.2. The van der Waals surface area contributed by atoms with Crippen LogP contribution in [-0.4, -0.2) is 0 Å². The van der Waals surface area contributed by atoms with Crippen LogP contribution in [0.15, 0.2) is 217 Å². The van der Waals surface area contributed by atoms with Crippen LogP contribution < -0.4 is 4.90 Å². The summed E-state index contributed by atoms with van der Waals surface area (Å²) in [6, 6.07) is 76.5. The average Bonchev–Trinajstić information content (AvgIpc) is 3.66. The molecule has 0 fully saturated rings. The maximum Gasteiger partial charge on any atom is 0.143 e. The Morgan fingerprint density at radius 2 is 0.768 bits per heavy atom. The van der Waals surface area contributed by atoms with Crippen molar-refractivity contribution in [2.75, 3.05) is 4.90 Å².